The van der Waals surface area contributed by atoms with E-state index in [1.165, 1.54) is 0 Å². The number of sulfonamides is 1. The lowest BCUT2D eigenvalue weighted by atomic mass is 10.0. The molecule has 1 aliphatic rings. The molecule has 5 heteroatoms. The quantitative estimate of drug-likeness (QED) is 0.884. The first kappa shape index (κ1) is 14.5. The normalized spacial score (nSPS) is 23.7. The van der Waals surface area contributed by atoms with Crippen LogP contribution in [0.5, 0.6) is 0 Å². The van der Waals surface area contributed by atoms with Crippen molar-refractivity contribution in [3.8, 4) is 0 Å². The van der Waals surface area contributed by atoms with Gasteiger partial charge >= 0.3 is 0 Å². The summed E-state index contributed by atoms with van der Waals surface area (Å²) in [5, 5.41) is 3.35. The van der Waals surface area contributed by atoms with Gasteiger partial charge in [0.1, 0.15) is 0 Å². The number of benzene rings is 1. The van der Waals surface area contributed by atoms with Crippen molar-refractivity contribution in [3.63, 3.8) is 0 Å². The van der Waals surface area contributed by atoms with Crippen LogP contribution in [-0.2, 0) is 10.0 Å². The highest BCUT2D eigenvalue weighted by Gasteiger charge is 2.29. The van der Waals surface area contributed by atoms with Gasteiger partial charge in [0.25, 0.3) is 0 Å². The molecule has 0 bridgehead atoms. The minimum absolute atomic E-state index is 0.118. The molecule has 0 aliphatic carbocycles. The lowest BCUT2D eigenvalue weighted by Crippen LogP contribution is -2.47. The zero-order chi connectivity index (χ0) is 14.1. The van der Waals surface area contributed by atoms with E-state index in [-0.39, 0.29) is 5.54 Å². The van der Waals surface area contributed by atoms with Crippen LogP contribution in [0.1, 0.15) is 30.9 Å². The van der Waals surface area contributed by atoms with E-state index in [2.05, 4.69) is 17.0 Å². The summed E-state index contributed by atoms with van der Waals surface area (Å²) in [7, 11) is -3.42. The zero-order valence-electron chi connectivity index (χ0n) is 11.8. The average Bonchev–Trinajstić information content (AvgIpc) is 2.78. The predicted octanol–water partition coefficient (Wildman–Crippen LogP) is 1.72. The third kappa shape index (κ3) is 3.35. The molecule has 2 N–H and O–H groups in total. The summed E-state index contributed by atoms with van der Waals surface area (Å²) < 4.78 is 27.2. The molecule has 19 heavy (non-hydrogen) atoms. The van der Waals surface area contributed by atoms with E-state index in [0.29, 0.717) is 11.4 Å². The van der Waals surface area contributed by atoms with Gasteiger partial charge in [-0.25, -0.2) is 13.1 Å². The molecule has 1 unspecified atom stereocenters. The second-order valence-electron chi connectivity index (χ2n) is 5.66. The Kier molecular flexibility index (Phi) is 3.99. The van der Waals surface area contributed by atoms with Gasteiger partial charge in [-0.05, 0) is 63.4 Å². The van der Waals surface area contributed by atoms with Crippen molar-refractivity contribution in [2.45, 2.75) is 44.0 Å². The SMILES string of the molecule is Cc1ccc(S(=O)(=O)NCC2(C)CCCN2)cc1C. The second kappa shape index (κ2) is 5.23. The predicted molar refractivity (Wildman–Crippen MR) is 76.7 cm³/mol. The van der Waals surface area contributed by atoms with Crippen molar-refractivity contribution >= 4 is 10.0 Å². The van der Waals surface area contributed by atoms with Crippen LogP contribution in [0, 0.1) is 13.8 Å². The molecule has 1 saturated heterocycles. The van der Waals surface area contributed by atoms with Gasteiger partial charge in [-0.15, -0.1) is 0 Å². The van der Waals surface area contributed by atoms with Crippen LogP contribution in [-0.4, -0.2) is 27.0 Å². The van der Waals surface area contributed by atoms with E-state index in [1.54, 1.807) is 12.1 Å². The monoisotopic (exact) mass is 282 g/mol. The molecule has 0 aromatic heterocycles. The van der Waals surface area contributed by atoms with Gasteiger partial charge < -0.3 is 5.32 Å². The summed E-state index contributed by atoms with van der Waals surface area (Å²) in [6.07, 6.45) is 2.10. The Morgan fingerprint density at radius 2 is 2.05 bits per heavy atom. The summed E-state index contributed by atoms with van der Waals surface area (Å²) >= 11 is 0. The average molecular weight is 282 g/mol. The van der Waals surface area contributed by atoms with Crippen LogP contribution in [0.25, 0.3) is 0 Å². The lowest BCUT2D eigenvalue weighted by molar-refractivity contribution is 0.409. The van der Waals surface area contributed by atoms with Gasteiger partial charge in [0.05, 0.1) is 4.90 Å². The largest absolute Gasteiger partial charge is 0.310 e. The third-order valence-corrected chi connectivity index (χ3v) is 5.30. The maximum absolute atomic E-state index is 12.3. The van der Waals surface area contributed by atoms with E-state index in [0.717, 1.165) is 30.5 Å². The van der Waals surface area contributed by atoms with Gasteiger partial charge in [0.2, 0.25) is 10.0 Å². The second-order valence-corrected chi connectivity index (χ2v) is 7.43. The van der Waals surface area contributed by atoms with E-state index in [1.807, 2.05) is 19.9 Å². The third-order valence-electron chi connectivity index (χ3n) is 3.90. The minimum atomic E-state index is -3.42. The Morgan fingerprint density at radius 1 is 1.32 bits per heavy atom. The molecule has 2 rings (SSSR count). The number of rotatable bonds is 4. The number of hydrogen-bond acceptors (Lipinski definition) is 3. The maximum atomic E-state index is 12.3. The smallest absolute Gasteiger partial charge is 0.240 e. The molecule has 0 radical (unpaired) electrons. The van der Waals surface area contributed by atoms with Crippen molar-refractivity contribution in [2.75, 3.05) is 13.1 Å². The first-order valence-corrected chi connectivity index (χ1v) is 8.13. The molecule has 0 spiro atoms. The van der Waals surface area contributed by atoms with Crippen LogP contribution in [0.3, 0.4) is 0 Å². The van der Waals surface area contributed by atoms with Crippen molar-refractivity contribution < 1.29 is 8.42 Å². The fourth-order valence-electron chi connectivity index (χ4n) is 2.33. The zero-order valence-corrected chi connectivity index (χ0v) is 12.6. The highest BCUT2D eigenvalue weighted by Crippen LogP contribution is 2.19. The lowest BCUT2D eigenvalue weighted by Gasteiger charge is -2.24. The molecule has 1 aromatic carbocycles. The highest BCUT2D eigenvalue weighted by atomic mass is 32.2. The first-order valence-electron chi connectivity index (χ1n) is 6.64. The Bertz CT molecular complexity index is 561. The summed E-state index contributed by atoms with van der Waals surface area (Å²) in [4.78, 5) is 0.345. The van der Waals surface area contributed by atoms with Gasteiger partial charge in [-0.2, -0.15) is 0 Å². The summed E-state index contributed by atoms with van der Waals surface area (Å²) in [5.41, 5.74) is 1.98. The molecule has 0 amide bonds. The fraction of sp³-hybridized carbons (Fsp3) is 0.571. The topological polar surface area (TPSA) is 58.2 Å². The Morgan fingerprint density at radius 3 is 2.63 bits per heavy atom. The molecule has 1 heterocycles. The Balaban J connectivity index is 2.11. The summed E-state index contributed by atoms with van der Waals surface area (Å²) in [5.74, 6) is 0. The van der Waals surface area contributed by atoms with Crippen molar-refractivity contribution in [1.82, 2.24) is 10.0 Å². The van der Waals surface area contributed by atoms with Crippen molar-refractivity contribution in [3.05, 3.63) is 29.3 Å². The minimum Gasteiger partial charge on any atom is -0.310 e. The molecule has 1 atom stereocenters. The van der Waals surface area contributed by atoms with E-state index in [4.69, 9.17) is 0 Å². The molecule has 1 fully saturated rings. The Hall–Kier alpha value is -0.910. The van der Waals surface area contributed by atoms with Crippen LogP contribution in [0.2, 0.25) is 0 Å². The van der Waals surface area contributed by atoms with Crippen LogP contribution < -0.4 is 10.0 Å². The molecule has 106 valence electrons. The number of aryl methyl sites for hydroxylation is 2. The first-order chi connectivity index (χ1) is 8.82. The van der Waals surface area contributed by atoms with Gasteiger partial charge in [-0.1, -0.05) is 6.07 Å². The van der Waals surface area contributed by atoms with E-state index >= 15 is 0 Å². The van der Waals surface area contributed by atoms with Crippen LogP contribution in [0.4, 0.5) is 0 Å². The van der Waals surface area contributed by atoms with Crippen molar-refractivity contribution in [1.29, 1.82) is 0 Å². The summed E-state index contributed by atoms with van der Waals surface area (Å²) in [6.45, 7) is 7.35. The molecule has 1 aromatic rings. The van der Waals surface area contributed by atoms with E-state index < -0.39 is 10.0 Å². The molecule has 4 nitrogen and oxygen atoms in total. The van der Waals surface area contributed by atoms with Crippen LogP contribution in [0.15, 0.2) is 23.1 Å². The molecular weight excluding hydrogens is 260 g/mol. The maximum Gasteiger partial charge on any atom is 0.240 e. The highest BCUT2D eigenvalue weighted by molar-refractivity contribution is 7.89. The Labute approximate surface area is 115 Å². The standard InChI is InChI=1S/C14H22N2O2S/c1-11-5-6-13(9-12(11)2)19(17,18)16-10-14(3)7-4-8-15-14/h5-6,9,15-16H,4,7-8,10H2,1-3H3. The fourth-order valence-corrected chi connectivity index (χ4v) is 3.58. The summed E-state index contributed by atoms with van der Waals surface area (Å²) in [6, 6.07) is 5.23. The number of nitrogens with one attached hydrogen (secondary N) is 2. The molecule has 1 aliphatic heterocycles. The van der Waals surface area contributed by atoms with E-state index in [9.17, 15) is 8.42 Å². The van der Waals surface area contributed by atoms with Gasteiger partial charge in [-0.3, -0.25) is 0 Å². The molecule has 0 saturated carbocycles. The van der Waals surface area contributed by atoms with Crippen LogP contribution >= 0.6 is 0 Å². The van der Waals surface area contributed by atoms with Gasteiger partial charge in [0.15, 0.2) is 0 Å². The van der Waals surface area contributed by atoms with Crippen molar-refractivity contribution in [2.24, 2.45) is 0 Å². The molecular formula is C14H22N2O2S. The van der Waals surface area contributed by atoms with Gasteiger partial charge in [0, 0.05) is 12.1 Å². The number of hydrogen-bond donors (Lipinski definition) is 2.